The fourth-order valence-electron chi connectivity index (χ4n) is 3.27. The molecule has 1 aromatic heterocycles. The van der Waals surface area contributed by atoms with Crippen LogP contribution in [0, 0.1) is 0 Å². The quantitative estimate of drug-likeness (QED) is 0.344. The molecule has 1 aromatic carbocycles. The summed E-state index contributed by atoms with van der Waals surface area (Å²) < 4.78 is 7.53. The normalized spacial score (nSPS) is 15.4. The van der Waals surface area contributed by atoms with E-state index in [1.807, 2.05) is 6.07 Å². The van der Waals surface area contributed by atoms with Crippen molar-refractivity contribution < 1.29 is 14.6 Å². The third kappa shape index (κ3) is 6.63. The van der Waals surface area contributed by atoms with E-state index in [1.54, 1.807) is 61.6 Å². The molecular formula is C23H28N4O5S2. The van der Waals surface area contributed by atoms with Gasteiger partial charge in [0.1, 0.15) is 6.10 Å². The highest BCUT2D eigenvalue weighted by Gasteiger charge is 2.22. The number of carbonyl (C=O) groups is 1. The number of nitrogens with zero attached hydrogens (tertiary/aromatic N) is 4. The van der Waals surface area contributed by atoms with Gasteiger partial charge in [0.25, 0.3) is 5.56 Å². The van der Waals surface area contributed by atoms with Crippen LogP contribution in [-0.4, -0.2) is 49.3 Å². The lowest BCUT2D eigenvalue weighted by Crippen LogP contribution is -2.41. The van der Waals surface area contributed by atoms with Crippen molar-refractivity contribution in [2.75, 3.05) is 23.0 Å². The number of azo groups is 1. The number of rotatable bonds is 7. The topological polar surface area (TPSA) is 115 Å². The second-order valence-electron chi connectivity index (χ2n) is 8.05. The molecule has 1 aliphatic heterocycles. The summed E-state index contributed by atoms with van der Waals surface area (Å²) in [7, 11) is 0. The van der Waals surface area contributed by atoms with E-state index < -0.39 is 29.1 Å². The third-order valence-corrected chi connectivity index (χ3v) is 7.36. The van der Waals surface area contributed by atoms with Gasteiger partial charge in [0.05, 0.1) is 12.1 Å². The highest BCUT2D eigenvalue weighted by Crippen LogP contribution is 2.24. The Balaban J connectivity index is 1.80. The highest BCUT2D eigenvalue weighted by atomic mass is 32.2. The molecule has 11 heteroatoms. The Morgan fingerprint density at radius 3 is 2.44 bits per heavy atom. The van der Waals surface area contributed by atoms with Gasteiger partial charge in [-0.3, -0.25) is 18.7 Å². The first-order valence-electron chi connectivity index (χ1n) is 10.8. The summed E-state index contributed by atoms with van der Waals surface area (Å²) in [6.07, 6.45) is -0.377. The lowest BCUT2D eigenvalue weighted by atomic mass is 10.3. The van der Waals surface area contributed by atoms with Gasteiger partial charge in [-0.2, -0.15) is 28.6 Å². The van der Waals surface area contributed by atoms with Crippen LogP contribution in [0.5, 0.6) is 5.88 Å². The summed E-state index contributed by atoms with van der Waals surface area (Å²) in [6, 6.07) is 8.23. The zero-order chi connectivity index (χ0) is 24.7. The summed E-state index contributed by atoms with van der Waals surface area (Å²) in [5, 5.41) is 18.6. The number of ether oxygens (including phenoxy) is 1. The van der Waals surface area contributed by atoms with Gasteiger partial charge in [0.2, 0.25) is 11.6 Å². The second-order valence-corrected chi connectivity index (χ2v) is 10.1. The number of hydrogen-bond acceptors (Lipinski definition) is 9. The van der Waals surface area contributed by atoms with Crippen LogP contribution in [0.15, 0.2) is 62.3 Å². The Bertz CT molecular complexity index is 1160. The van der Waals surface area contributed by atoms with Crippen molar-refractivity contribution in [2.45, 2.75) is 39.0 Å². The maximum atomic E-state index is 12.9. The predicted molar refractivity (Wildman–Crippen MR) is 136 cm³/mol. The number of thioether (sulfide) groups is 2. The van der Waals surface area contributed by atoms with Crippen molar-refractivity contribution in [1.82, 2.24) is 9.13 Å². The second kappa shape index (κ2) is 12.1. The van der Waals surface area contributed by atoms with Crippen LogP contribution in [0.1, 0.15) is 26.3 Å². The molecule has 2 aromatic rings. The van der Waals surface area contributed by atoms with Crippen molar-refractivity contribution >= 4 is 40.9 Å². The molecule has 1 saturated heterocycles. The molecule has 0 aliphatic carbocycles. The lowest BCUT2D eigenvalue weighted by molar-refractivity contribution is -0.147. The first kappa shape index (κ1) is 25.8. The Hall–Kier alpha value is -2.79. The smallest absolute Gasteiger partial charge is 0.334 e. The number of esters is 1. The summed E-state index contributed by atoms with van der Waals surface area (Å²) in [5.41, 5.74) is -0.188. The van der Waals surface area contributed by atoms with Gasteiger partial charge < -0.3 is 9.84 Å². The minimum Gasteiger partial charge on any atom is -0.493 e. The molecule has 0 amide bonds. The number of aromatic hydroxyl groups is 1. The van der Waals surface area contributed by atoms with Crippen LogP contribution in [0.25, 0.3) is 0 Å². The summed E-state index contributed by atoms with van der Waals surface area (Å²) in [6.45, 7) is 7.19. The van der Waals surface area contributed by atoms with Crippen molar-refractivity contribution in [3.8, 4) is 5.88 Å². The zero-order valence-electron chi connectivity index (χ0n) is 19.2. The van der Waals surface area contributed by atoms with Gasteiger partial charge in [0, 0.05) is 35.6 Å². The molecule has 0 bridgehead atoms. The number of carbonyl (C=O) groups excluding carboxylic acids is 1. The molecule has 1 fully saturated rings. The van der Waals surface area contributed by atoms with Crippen molar-refractivity contribution in [2.24, 2.45) is 10.2 Å². The molecule has 9 nitrogen and oxygen atoms in total. The fourth-order valence-corrected chi connectivity index (χ4v) is 5.46. The maximum Gasteiger partial charge on any atom is 0.334 e. The molecular weight excluding hydrogens is 476 g/mol. The molecule has 182 valence electrons. The van der Waals surface area contributed by atoms with Crippen LogP contribution >= 0.6 is 23.5 Å². The molecule has 0 atom stereocenters. The highest BCUT2D eigenvalue weighted by molar-refractivity contribution is 8.01. The maximum absolute atomic E-state index is 12.9. The largest absolute Gasteiger partial charge is 0.493 e. The van der Waals surface area contributed by atoms with Crippen LogP contribution in [0.3, 0.4) is 0 Å². The van der Waals surface area contributed by atoms with Crippen LogP contribution in [-0.2, 0) is 16.1 Å². The molecule has 0 spiro atoms. The molecule has 0 radical (unpaired) electrons. The van der Waals surface area contributed by atoms with E-state index in [1.165, 1.54) is 0 Å². The van der Waals surface area contributed by atoms with Crippen molar-refractivity contribution in [1.29, 1.82) is 0 Å². The molecule has 34 heavy (non-hydrogen) atoms. The van der Waals surface area contributed by atoms with Crippen LogP contribution in [0.2, 0.25) is 0 Å². The van der Waals surface area contributed by atoms with E-state index in [2.05, 4.69) is 16.8 Å². The minimum atomic E-state index is -0.749. The van der Waals surface area contributed by atoms with Crippen molar-refractivity contribution in [3.63, 3.8) is 0 Å². The molecule has 1 N–H and O–H groups in total. The first-order valence-corrected chi connectivity index (χ1v) is 13.2. The van der Waals surface area contributed by atoms with E-state index in [9.17, 15) is 19.5 Å². The third-order valence-electron chi connectivity index (χ3n) is 4.92. The van der Waals surface area contributed by atoms with E-state index >= 15 is 0 Å². The molecule has 0 unspecified atom stereocenters. The molecule has 0 saturated carbocycles. The van der Waals surface area contributed by atoms with Gasteiger partial charge in [-0.05, 0) is 26.0 Å². The van der Waals surface area contributed by atoms with Gasteiger partial charge in [-0.25, -0.2) is 4.79 Å². The molecule has 1 aliphatic rings. The average molecular weight is 505 g/mol. The van der Waals surface area contributed by atoms with Crippen molar-refractivity contribution in [3.05, 3.63) is 63.3 Å². The number of hydrogen-bond donors (Lipinski definition) is 1. The van der Waals surface area contributed by atoms with Gasteiger partial charge in [0.15, 0.2) is 0 Å². The fraction of sp³-hybridized carbons (Fsp3) is 0.435. The Morgan fingerprint density at radius 1 is 1.18 bits per heavy atom. The van der Waals surface area contributed by atoms with Gasteiger partial charge in [-0.1, -0.05) is 30.4 Å². The van der Waals surface area contributed by atoms with E-state index in [0.717, 1.165) is 26.2 Å². The molecule has 3 rings (SSSR count). The standard InChI is InChI=1S/C23H28N4O5S2/c1-15(2)27-22(30)20(25-24-17-7-5-4-6-8-17)21(29)26(23(27)31)10-9-19(28)32-18-13-33-11-16(3)12-34-14-18/h4-8,15,18,29H,3,9-14H2,1-2H3. The van der Waals surface area contributed by atoms with Gasteiger partial charge in [-0.15, -0.1) is 5.11 Å². The van der Waals surface area contributed by atoms with Gasteiger partial charge >= 0.3 is 11.7 Å². The first-order chi connectivity index (χ1) is 16.3. The van der Waals surface area contributed by atoms with E-state index in [0.29, 0.717) is 17.2 Å². The Labute approximate surface area is 205 Å². The SMILES string of the molecule is C=C1CSCC(OC(=O)CCn2c(O)c(N=Nc3ccccc3)c(=O)n(C(C)C)c2=O)CSC1. The van der Waals surface area contributed by atoms with Crippen LogP contribution in [0.4, 0.5) is 11.4 Å². The predicted octanol–water partition coefficient (Wildman–Crippen LogP) is 4.05. The number of aromatic nitrogens is 2. The molecule has 2 heterocycles. The lowest BCUT2D eigenvalue weighted by Gasteiger charge is -2.21. The van der Waals surface area contributed by atoms with E-state index in [4.69, 9.17) is 4.74 Å². The number of benzene rings is 1. The average Bonchev–Trinajstić information content (AvgIpc) is 2.77. The summed E-state index contributed by atoms with van der Waals surface area (Å²) in [5.74, 6) is 1.90. The Morgan fingerprint density at radius 2 is 1.82 bits per heavy atom. The zero-order valence-corrected chi connectivity index (χ0v) is 20.8. The summed E-state index contributed by atoms with van der Waals surface area (Å²) >= 11 is 3.35. The van der Waals surface area contributed by atoms with E-state index in [-0.39, 0.29) is 24.8 Å². The Kier molecular flexibility index (Phi) is 9.17. The van der Waals surface area contributed by atoms with Crippen LogP contribution < -0.4 is 11.2 Å². The summed E-state index contributed by atoms with van der Waals surface area (Å²) in [4.78, 5) is 38.3. The monoisotopic (exact) mass is 504 g/mol. The minimum absolute atomic E-state index is 0.141.